The molecule has 0 aliphatic rings. The third-order valence-corrected chi connectivity index (χ3v) is 6.86. The number of benzene rings is 2. The molecule has 202 valence electrons. The Bertz CT molecular complexity index is 1490. The predicted molar refractivity (Wildman–Crippen MR) is 142 cm³/mol. The van der Waals surface area contributed by atoms with Gasteiger partial charge in [-0.3, -0.25) is 5.10 Å². The smallest absolute Gasteiger partial charge is 0.405 e. The number of aromatic amines is 1. The molecule has 4 rings (SSSR count). The number of fused-ring (bicyclic) bond motifs is 3. The molecule has 0 saturated heterocycles. The van der Waals surface area contributed by atoms with Crippen molar-refractivity contribution in [3.63, 3.8) is 0 Å². The second kappa shape index (κ2) is 10.6. The number of alkyl halides is 2. The van der Waals surface area contributed by atoms with Gasteiger partial charge in [-0.15, -0.1) is 0 Å². The maximum Gasteiger partial charge on any atom is 0.405 e. The van der Waals surface area contributed by atoms with Gasteiger partial charge in [0, 0.05) is 10.8 Å². The SMILES string of the molecule is CC(CCC(OC(N)=O)(c1nc2c3ccccc3nc(=S)n2[nH]1)C(C)(C)C)N(OC(F)F)c1ccccc1. The van der Waals surface area contributed by atoms with E-state index in [0.29, 0.717) is 22.7 Å². The highest BCUT2D eigenvalue weighted by molar-refractivity contribution is 7.71. The summed E-state index contributed by atoms with van der Waals surface area (Å²) >= 11 is 5.49. The fraction of sp³-hybridized carbons (Fsp3) is 0.385. The summed E-state index contributed by atoms with van der Waals surface area (Å²) in [6, 6.07) is 15.5. The molecular weight excluding hydrogens is 514 g/mol. The monoisotopic (exact) mass is 544 g/mol. The van der Waals surface area contributed by atoms with Crippen molar-refractivity contribution in [2.24, 2.45) is 11.1 Å². The second-order valence-corrected chi connectivity index (χ2v) is 10.4. The van der Waals surface area contributed by atoms with Crippen molar-refractivity contribution in [1.82, 2.24) is 19.6 Å². The van der Waals surface area contributed by atoms with Crippen LogP contribution in [-0.4, -0.2) is 38.3 Å². The Hall–Kier alpha value is -3.64. The summed E-state index contributed by atoms with van der Waals surface area (Å²) in [5.74, 6) is 0.307. The fourth-order valence-electron chi connectivity index (χ4n) is 4.63. The largest absolute Gasteiger partial charge is 0.434 e. The van der Waals surface area contributed by atoms with Gasteiger partial charge in [0.1, 0.15) is 0 Å². The van der Waals surface area contributed by atoms with Crippen LogP contribution in [0.4, 0.5) is 19.3 Å². The number of primary amides is 1. The third kappa shape index (κ3) is 5.32. The van der Waals surface area contributed by atoms with E-state index in [0.717, 1.165) is 10.4 Å². The van der Waals surface area contributed by atoms with Crippen LogP contribution >= 0.6 is 12.2 Å². The molecule has 2 unspecified atom stereocenters. The number of hydroxylamine groups is 1. The number of aromatic nitrogens is 4. The minimum Gasteiger partial charge on any atom is -0.434 e. The van der Waals surface area contributed by atoms with Crippen LogP contribution < -0.4 is 10.8 Å². The maximum atomic E-state index is 13.3. The molecule has 3 N–H and O–H groups in total. The lowest BCUT2D eigenvalue weighted by Gasteiger charge is -2.43. The Morgan fingerprint density at radius 3 is 2.42 bits per heavy atom. The molecular formula is C26H30F2N6O3S. The highest BCUT2D eigenvalue weighted by Crippen LogP contribution is 2.46. The molecule has 12 heteroatoms. The second-order valence-electron chi connectivity index (χ2n) is 10.1. The molecule has 0 saturated carbocycles. The minimum absolute atomic E-state index is 0.176. The van der Waals surface area contributed by atoms with Gasteiger partial charge in [-0.25, -0.2) is 29.2 Å². The Balaban J connectivity index is 1.80. The van der Waals surface area contributed by atoms with Gasteiger partial charge >= 0.3 is 12.7 Å². The summed E-state index contributed by atoms with van der Waals surface area (Å²) in [4.78, 5) is 26.4. The number of hydrogen-bond acceptors (Lipinski definition) is 7. The number of H-pyrrole nitrogens is 1. The van der Waals surface area contributed by atoms with Gasteiger partial charge in [-0.1, -0.05) is 51.1 Å². The quantitative estimate of drug-likeness (QED) is 0.193. The van der Waals surface area contributed by atoms with Crippen molar-refractivity contribution >= 4 is 40.5 Å². The molecule has 38 heavy (non-hydrogen) atoms. The normalized spacial score (nSPS) is 14.5. The molecule has 2 atom stereocenters. The number of carbonyl (C=O) groups excluding carboxylic acids is 1. The van der Waals surface area contributed by atoms with E-state index >= 15 is 0 Å². The highest BCUT2D eigenvalue weighted by atomic mass is 32.1. The van der Waals surface area contributed by atoms with E-state index in [2.05, 4.69) is 10.1 Å². The molecule has 0 radical (unpaired) electrons. The van der Waals surface area contributed by atoms with E-state index < -0.39 is 29.8 Å². The summed E-state index contributed by atoms with van der Waals surface area (Å²) < 4.78 is 34.3. The lowest BCUT2D eigenvalue weighted by Crippen LogP contribution is -2.48. The van der Waals surface area contributed by atoms with Crippen LogP contribution in [0.2, 0.25) is 0 Å². The lowest BCUT2D eigenvalue weighted by atomic mass is 9.72. The van der Waals surface area contributed by atoms with Crippen molar-refractivity contribution in [3.05, 3.63) is 65.2 Å². The molecule has 9 nitrogen and oxygen atoms in total. The van der Waals surface area contributed by atoms with Crippen LogP contribution in [0.1, 0.15) is 46.4 Å². The molecule has 0 bridgehead atoms. The maximum absolute atomic E-state index is 13.3. The number of anilines is 1. The first-order chi connectivity index (χ1) is 17.9. The molecule has 0 fully saturated rings. The number of nitrogens with two attached hydrogens (primary N) is 1. The number of para-hydroxylation sites is 2. The van der Waals surface area contributed by atoms with E-state index in [4.69, 9.17) is 32.5 Å². The molecule has 0 spiro atoms. The minimum atomic E-state index is -3.02. The zero-order chi connectivity index (χ0) is 27.7. The molecule has 0 aliphatic heterocycles. The average Bonchev–Trinajstić information content (AvgIpc) is 3.31. The zero-order valence-corrected chi connectivity index (χ0v) is 22.3. The lowest BCUT2D eigenvalue weighted by molar-refractivity contribution is -0.147. The van der Waals surface area contributed by atoms with E-state index in [1.54, 1.807) is 41.8 Å². The van der Waals surface area contributed by atoms with Gasteiger partial charge in [-0.05, 0) is 56.2 Å². The number of ether oxygens (including phenoxy) is 1. The van der Waals surface area contributed by atoms with E-state index in [-0.39, 0.29) is 17.6 Å². The molecule has 2 aromatic heterocycles. The van der Waals surface area contributed by atoms with Gasteiger partial charge in [0.05, 0.1) is 17.2 Å². The third-order valence-electron chi connectivity index (χ3n) is 6.59. The first-order valence-electron chi connectivity index (χ1n) is 12.1. The van der Waals surface area contributed by atoms with Gasteiger partial charge in [-0.2, -0.15) is 8.78 Å². The Morgan fingerprint density at radius 1 is 1.13 bits per heavy atom. The summed E-state index contributed by atoms with van der Waals surface area (Å²) in [7, 11) is 0. The Labute approximate surface area is 223 Å². The van der Waals surface area contributed by atoms with E-state index in [1.807, 2.05) is 45.0 Å². The zero-order valence-electron chi connectivity index (χ0n) is 21.5. The van der Waals surface area contributed by atoms with Crippen molar-refractivity contribution in [2.75, 3.05) is 5.06 Å². The van der Waals surface area contributed by atoms with Gasteiger partial charge in [0.2, 0.25) is 4.77 Å². The van der Waals surface area contributed by atoms with Crippen LogP contribution in [0.25, 0.3) is 16.6 Å². The molecule has 4 aromatic rings. The Kier molecular flexibility index (Phi) is 7.65. The predicted octanol–water partition coefficient (Wildman–Crippen LogP) is 6.11. The van der Waals surface area contributed by atoms with Crippen molar-refractivity contribution in [3.8, 4) is 0 Å². The number of halogens is 2. The van der Waals surface area contributed by atoms with Gasteiger partial charge in [0.25, 0.3) is 0 Å². The van der Waals surface area contributed by atoms with Gasteiger partial charge < -0.3 is 10.5 Å². The number of nitrogens with zero attached hydrogens (tertiary/aromatic N) is 4. The Morgan fingerprint density at radius 2 is 1.79 bits per heavy atom. The van der Waals surface area contributed by atoms with E-state index in [1.165, 1.54) is 0 Å². The average molecular weight is 545 g/mol. The number of amides is 1. The molecule has 1 amide bonds. The number of rotatable bonds is 9. The first-order valence-corrected chi connectivity index (χ1v) is 12.5. The van der Waals surface area contributed by atoms with Gasteiger partial charge in [0.15, 0.2) is 17.1 Å². The summed E-state index contributed by atoms with van der Waals surface area (Å²) in [5.41, 5.74) is 5.10. The van der Waals surface area contributed by atoms with Crippen molar-refractivity contribution < 1.29 is 23.1 Å². The summed E-state index contributed by atoms with van der Waals surface area (Å²) in [6.07, 6.45) is -0.550. The summed E-state index contributed by atoms with van der Waals surface area (Å²) in [6.45, 7) is 4.37. The fourth-order valence-corrected chi connectivity index (χ4v) is 4.87. The number of hydrogen-bond donors (Lipinski definition) is 2. The first kappa shape index (κ1) is 27.4. The van der Waals surface area contributed by atoms with Crippen LogP contribution in [0.5, 0.6) is 0 Å². The van der Waals surface area contributed by atoms with Crippen LogP contribution in [0.3, 0.4) is 0 Å². The summed E-state index contributed by atoms with van der Waals surface area (Å²) in [5, 5.41) is 5.08. The van der Waals surface area contributed by atoms with Crippen LogP contribution in [0.15, 0.2) is 54.6 Å². The topological polar surface area (TPSA) is 111 Å². The van der Waals surface area contributed by atoms with E-state index in [9.17, 15) is 13.6 Å². The molecule has 0 aliphatic carbocycles. The molecule has 2 aromatic carbocycles. The highest BCUT2D eigenvalue weighted by Gasteiger charge is 2.50. The van der Waals surface area contributed by atoms with Crippen molar-refractivity contribution in [2.45, 2.75) is 58.8 Å². The number of carbonyl (C=O) groups is 1. The molecule has 2 heterocycles. The number of nitrogens with one attached hydrogen (secondary N) is 1. The standard InChI is InChI=1S/C26H30F2N6O3S/c1-16(34(37-22(27)28)17-10-6-5-7-11-17)14-15-26(25(2,3)4,36-23(29)35)21-31-20-18-12-8-9-13-19(18)30-24(38)33(20)32-21/h5-13,16,22H,14-15H2,1-4H3,(H2,29,35)(H,31,32). The van der Waals surface area contributed by atoms with Crippen LogP contribution in [-0.2, 0) is 15.2 Å². The van der Waals surface area contributed by atoms with Crippen molar-refractivity contribution in [1.29, 1.82) is 0 Å². The van der Waals surface area contributed by atoms with Crippen LogP contribution in [0, 0.1) is 10.2 Å².